The van der Waals surface area contributed by atoms with Crippen LogP contribution in [0.4, 0.5) is 17.6 Å². The summed E-state index contributed by atoms with van der Waals surface area (Å²) in [6.45, 7) is 1.70. The minimum absolute atomic E-state index is 0.173. The van der Waals surface area contributed by atoms with Crippen molar-refractivity contribution < 1.29 is 26.8 Å². The molecule has 1 amide bonds. The van der Waals surface area contributed by atoms with Gasteiger partial charge < -0.3 is 9.73 Å². The van der Waals surface area contributed by atoms with Crippen molar-refractivity contribution in [1.82, 2.24) is 5.32 Å². The molecule has 142 valence electrons. The number of alkyl halides is 3. The molecule has 0 saturated heterocycles. The Bertz CT molecular complexity index is 988. The van der Waals surface area contributed by atoms with Crippen molar-refractivity contribution in [3.8, 4) is 11.3 Å². The number of hydrogen-bond acceptors (Lipinski definition) is 2. The van der Waals surface area contributed by atoms with Crippen molar-refractivity contribution >= 4 is 16.9 Å². The summed E-state index contributed by atoms with van der Waals surface area (Å²) in [5.74, 6) is -0.575. The van der Waals surface area contributed by atoms with Gasteiger partial charge in [0.1, 0.15) is 17.2 Å². The molecule has 0 bridgehead atoms. The van der Waals surface area contributed by atoms with Crippen molar-refractivity contribution in [2.24, 2.45) is 0 Å². The molecule has 0 aliphatic rings. The molecule has 7 heteroatoms. The standard InChI is InChI=1S/C20H17F4NO2/c1-11-9-15-16(10-13(11)7-8-20(22,23)24)27-18(17(15)19(26)25-2)12-3-5-14(21)6-4-12/h3-6,9-10H,7-8H2,1-2H3,(H,25,26). The lowest BCUT2D eigenvalue weighted by Crippen LogP contribution is -2.18. The maximum atomic E-state index is 13.2. The molecule has 0 radical (unpaired) electrons. The van der Waals surface area contributed by atoms with E-state index in [4.69, 9.17) is 4.42 Å². The summed E-state index contributed by atoms with van der Waals surface area (Å²) in [5, 5.41) is 3.04. The minimum Gasteiger partial charge on any atom is -0.455 e. The lowest BCUT2D eigenvalue weighted by Gasteiger charge is -2.09. The van der Waals surface area contributed by atoms with Gasteiger partial charge in [0.25, 0.3) is 5.91 Å². The van der Waals surface area contributed by atoms with Crippen molar-refractivity contribution in [1.29, 1.82) is 0 Å². The van der Waals surface area contributed by atoms with Crippen LogP contribution in [0, 0.1) is 12.7 Å². The maximum absolute atomic E-state index is 13.2. The topological polar surface area (TPSA) is 42.2 Å². The van der Waals surface area contributed by atoms with Gasteiger partial charge >= 0.3 is 6.18 Å². The Kier molecular flexibility index (Phi) is 4.95. The van der Waals surface area contributed by atoms with Crippen LogP contribution in [0.3, 0.4) is 0 Å². The summed E-state index contributed by atoms with van der Waals surface area (Å²) in [7, 11) is 1.47. The van der Waals surface area contributed by atoms with Crippen LogP contribution >= 0.6 is 0 Å². The molecule has 0 aliphatic carbocycles. The summed E-state index contributed by atoms with van der Waals surface area (Å²) in [6, 6.07) is 8.65. The summed E-state index contributed by atoms with van der Waals surface area (Å²) >= 11 is 0. The molecule has 0 atom stereocenters. The Morgan fingerprint density at radius 1 is 1.15 bits per heavy atom. The Labute approximate surface area is 153 Å². The normalized spacial score (nSPS) is 11.8. The highest BCUT2D eigenvalue weighted by atomic mass is 19.4. The molecule has 3 aromatic rings. The van der Waals surface area contributed by atoms with E-state index in [2.05, 4.69) is 5.32 Å². The van der Waals surface area contributed by atoms with Crippen molar-refractivity contribution in [3.63, 3.8) is 0 Å². The quantitative estimate of drug-likeness (QED) is 0.617. The Hall–Kier alpha value is -2.83. The molecule has 27 heavy (non-hydrogen) atoms. The van der Waals surface area contributed by atoms with Gasteiger partial charge in [-0.15, -0.1) is 0 Å². The third kappa shape index (κ3) is 3.97. The molecule has 2 aromatic carbocycles. The minimum atomic E-state index is -4.25. The molecular weight excluding hydrogens is 362 g/mol. The molecule has 0 saturated carbocycles. The average Bonchev–Trinajstić information content (AvgIpc) is 2.97. The van der Waals surface area contributed by atoms with E-state index in [0.717, 1.165) is 0 Å². The Balaban J connectivity index is 2.15. The lowest BCUT2D eigenvalue weighted by atomic mass is 9.98. The fourth-order valence-electron chi connectivity index (χ4n) is 2.99. The molecule has 3 nitrogen and oxygen atoms in total. The van der Waals surface area contributed by atoms with Crippen molar-refractivity contribution in [2.45, 2.75) is 25.9 Å². The smallest absolute Gasteiger partial charge is 0.389 e. The van der Waals surface area contributed by atoms with Gasteiger partial charge in [-0.2, -0.15) is 13.2 Å². The summed E-state index contributed by atoms with van der Waals surface area (Å²) in [6.07, 6.45) is -5.36. The molecule has 1 heterocycles. The molecule has 0 fully saturated rings. The second-order valence-electron chi connectivity index (χ2n) is 6.28. The van der Waals surface area contributed by atoms with Crippen LogP contribution in [0.2, 0.25) is 0 Å². The van der Waals surface area contributed by atoms with Crippen LogP contribution in [0.15, 0.2) is 40.8 Å². The first-order valence-electron chi connectivity index (χ1n) is 8.30. The molecule has 0 aliphatic heterocycles. The van der Waals surface area contributed by atoms with Gasteiger partial charge in [0.2, 0.25) is 0 Å². The molecular formula is C20H17F4NO2. The van der Waals surface area contributed by atoms with Crippen LogP contribution in [-0.4, -0.2) is 19.1 Å². The second kappa shape index (κ2) is 7.06. The molecule has 0 unspecified atom stereocenters. The fourth-order valence-corrected chi connectivity index (χ4v) is 2.99. The van der Waals surface area contributed by atoms with Crippen LogP contribution in [-0.2, 0) is 6.42 Å². The van der Waals surface area contributed by atoms with E-state index in [1.165, 1.54) is 37.4 Å². The predicted molar refractivity (Wildman–Crippen MR) is 94.1 cm³/mol. The number of carbonyl (C=O) groups excluding carboxylic acids is 1. The highest BCUT2D eigenvalue weighted by Crippen LogP contribution is 2.36. The van der Waals surface area contributed by atoms with Crippen LogP contribution in [0.1, 0.15) is 27.9 Å². The van der Waals surface area contributed by atoms with Gasteiger partial charge in [0, 0.05) is 24.4 Å². The van der Waals surface area contributed by atoms with Crippen LogP contribution in [0.5, 0.6) is 0 Å². The van der Waals surface area contributed by atoms with Crippen LogP contribution in [0.25, 0.3) is 22.3 Å². The second-order valence-corrected chi connectivity index (χ2v) is 6.28. The number of halogens is 4. The highest BCUT2D eigenvalue weighted by Gasteiger charge is 2.27. The number of amides is 1. The number of rotatable bonds is 4. The number of benzene rings is 2. The number of furan rings is 1. The third-order valence-electron chi connectivity index (χ3n) is 4.38. The number of fused-ring (bicyclic) bond motifs is 1. The van der Waals surface area contributed by atoms with Gasteiger partial charge in [0.05, 0.1) is 5.56 Å². The SMILES string of the molecule is CNC(=O)c1c(-c2ccc(F)cc2)oc2cc(CCC(F)(F)F)c(C)cc12. The van der Waals surface area contributed by atoms with Gasteiger partial charge in [-0.05, 0) is 60.9 Å². The molecule has 1 aromatic heterocycles. The van der Waals surface area contributed by atoms with E-state index in [1.54, 1.807) is 13.0 Å². The number of hydrogen-bond donors (Lipinski definition) is 1. The molecule has 0 spiro atoms. The summed E-state index contributed by atoms with van der Waals surface area (Å²) < 4.78 is 56.7. The first-order valence-corrected chi connectivity index (χ1v) is 8.30. The van der Waals surface area contributed by atoms with Gasteiger partial charge in [-0.3, -0.25) is 4.79 Å². The fraction of sp³-hybridized carbons (Fsp3) is 0.250. The van der Waals surface area contributed by atoms with E-state index >= 15 is 0 Å². The van der Waals surface area contributed by atoms with E-state index in [0.29, 0.717) is 27.7 Å². The lowest BCUT2D eigenvalue weighted by molar-refractivity contribution is -0.134. The van der Waals surface area contributed by atoms with Crippen molar-refractivity contribution in [2.75, 3.05) is 7.05 Å². The van der Waals surface area contributed by atoms with E-state index in [-0.39, 0.29) is 17.7 Å². The number of aryl methyl sites for hydroxylation is 2. The maximum Gasteiger partial charge on any atom is 0.389 e. The number of nitrogens with one attached hydrogen (secondary N) is 1. The molecule has 1 N–H and O–H groups in total. The van der Waals surface area contributed by atoms with E-state index in [9.17, 15) is 22.4 Å². The number of carbonyl (C=O) groups is 1. The summed E-state index contributed by atoms with van der Waals surface area (Å²) in [4.78, 5) is 12.4. The Morgan fingerprint density at radius 3 is 2.41 bits per heavy atom. The zero-order chi connectivity index (χ0) is 19.8. The van der Waals surface area contributed by atoms with Crippen molar-refractivity contribution in [3.05, 3.63) is 58.9 Å². The third-order valence-corrected chi connectivity index (χ3v) is 4.38. The monoisotopic (exact) mass is 379 g/mol. The summed E-state index contributed by atoms with van der Waals surface area (Å²) in [5.41, 5.74) is 2.23. The van der Waals surface area contributed by atoms with Crippen LogP contribution < -0.4 is 5.32 Å². The van der Waals surface area contributed by atoms with Gasteiger partial charge in [0.15, 0.2) is 0 Å². The average molecular weight is 379 g/mol. The Morgan fingerprint density at radius 2 is 1.81 bits per heavy atom. The van der Waals surface area contributed by atoms with E-state index < -0.39 is 24.3 Å². The predicted octanol–water partition coefficient (Wildman–Crippen LogP) is 5.40. The first kappa shape index (κ1) is 18.9. The molecule has 3 rings (SSSR count). The first-order chi connectivity index (χ1) is 12.7. The largest absolute Gasteiger partial charge is 0.455 e. The highest BCUT2D eigenvalue weighted by molar-refractivity contribution is 6.11. The van der Waals surface area contributed by atoms with Gasteiger partial charge in [-0.25, -0.2) is 4.39 Å². The zero-order valence-corrected chi connectivity index (χ0v) is 14.7. The van der Waals surface area contributed by atoms with E-state index in [1.807, 2.05) is 0 Å². The zero-order valence-electron chi connectivity index (χ0n) is 14.7. The van der Waals surface area contributed by atoms with Gasteiger partial charge in [-0.1, -0.05) is 0 Å².